The van der Waals surface area contributed by atoms with Crippen LogP contribution >= 0.6 is 0 Å². The Bertz CT molecular complexity index is 667. The number of aromatic nitrogens is 2. The third-order valence-electron chi connectivity index (χ3n) is 3.56. The summed E-state index contributed by atoms with van der Waals surface area (Å²) in [7, 11) is 0. The van der Waals surface area contributed by atoms with Crippen LogP contribution in [0.15, 0.2) is 43.0 Å². The van der Waals surface area contributed by atoms with Gasteiger partial charge in [-0.1, -0.05) is 12.1 Å². The average molecular weight is 285 g/mol. The molecule has 0 bridgehead atoms. The number of hydrogen-bond acceptors (Lipinski definition) is 3. The van der Waals surface area contributed by atoms with Crippen molar-refractivity contribution < 1.29 is 14.7 Å². The van der Waals surface area contributed by atoms with Crippen molar-refractivity contribution in [3.05, 3.63) is 48.5 Å². The van der Waals surface area contributed by atoms with E-state index in [2.05, 4.69) is 10.3 Å². The van der Waals surface area contributed by atoms with Crippen LogP contribution in [-0.4, -0.2) is 26.5 Å². The number of anilines is 1. The summed E-state index contributed by atoms with van der Waals surface area (Å²) < 4.78 is 1.93. The van der Waals surface area contributed by atoms with Crippen LogP contribution in [0, 0.1) is 11.8 Å². The number of amides is 1. The minimum atomic E-state index is -0.899. The van der Waals surface area contributed by atoms with Crippen molar-refractivity contribution in [3.63, 3.8) is 0 Å². The fourth-order valence-electron chi connectivity index (χ4n) is 2.33. The lowest BCUT2D eigenvalue weighted by molar-refractivity contribution is -0.139. The molecule has 0 saturated heterocycles. The van der Waals surface area contributed by atoms with Crippen LogP contribution in [0.25, 0.3) is 0 Å². The van der Waals surface area contributed by atoms with Crippen LogP contribution < -0.4 is 5.32 Å². The van der Waals surface area contributed by atoms with Gasteiger partial charge in [-0.15, -0.1) is 0 Å². The Morgan fingerprint density at radius 3 is 2.90 bits per heavy atom. The van der Waals surface area contributed by atoms with E-state index in [1.54, 1.807) is 18.6 Å². The number of nitrogens with one attached hydrogen (secondary N) is 1. The summed E-state index contributed by atoms with van der Waals surface area (Å²) in [5.74, 6) is -2.05. The van der Waals surface area contributed by atoms with Crippen molar-refractivity contribution in [1.82, 2.24) is 9.55 Å². The van der Waals surface area contributed by atoms with Crippen LogP contribution in [0.4, 0.5) is 5.69 Å². The van der Waals surface area contributed by atoms with Gasteiger partial charge in [0.1, 0.15) is 0 Å². The molecule has 1 aliphatic carbocycles. The quantitative estimate of drug-likeness (QED) is 0.873. The number of carboxylic acid groups (broad SMARTS) is 1. The Kier molecular flexibility index (Phi) is 3.43. The van der Waals surface area contributed by atoms with Gasteiger partial charge in [-0.05, 0) is 24.1 Å². The normalized spacial score (nSPS) is 20.0. The van der Waals surface area contributed by atoms with Gasteiger partial charge < -0.3 is 15.0 Å². The molecule has 2 unspecified atom stereocenters. The van der Waals surface area contributed by atoms with E-state index in [0.717, 1.165) is 5.56 Å². The number of benzene rings is 1. The molecule has 2 N–H and O–H groups in total. The maximum Gasteiger partial charge on any atom is 0.307 e. The van der Waals surface area contributed by atoms with Crippen molar-refractivity contribution in [2.24, 2.45) is 11.8 Å². The SMILES string of the molecule is O=C(O)C1CC1C(=O)Nc1cccc(Cn2ccnc2)c1. The number of hydrogen-bond donors (Lipinski definition) is 2. The van der Waals surface area contributed by atoms with E-state index in [0.29, 0.717) is 18.7 Å². The fraction of sp³-hybridized carbons (Fsp3) is 0.267. The Morgan fingerprint density at radius 2 is 2.24 bits per heavy atom. The van der Waals surface area contributed by atoms with E-state index in [9.17, 15) is 9.59 Å². The maximum absolute atomic E-state index is 11.9. The second-order valence-electron chi connectivity index (χ2n) is 5.21. The van der Waals surface area contributed by atoms with Gasteiger partial charge in [-0.25, -0.2) is 4.98 Å². The first-order valence-electron chi connectivity index (χ1n) is 6.72. The van der Waals surface area contributed by atoms with Crippen molar-refractivity contribution in [3.8, 4) is 0 Å². The van der Waals surface area contributed by atoms with Crippen molar-refractivity contribution in [2.45, 2.75) is 13.0 Å². The van der Waals surface area contributed by atoms with Crippen LogP contribution in [0.2, 0.25) is 0 Å². The monoisotopic (exact) mass is 285 g/mol. The Morgan fingerprint density at radius 1 is 1.38 bits per heavy atom. The molecule has 1 aromatic heterocycles. The molecule has 0 aliphatic heterocycles. The zero-order valence-corrected chi connectivity index (χ0v) is 11.3. The van der Waals surface area contributed by atoms with Crippen molar-refractivity contribution in [1.29, 1.82) is 0 Å². The molecule has 1 aliphatic rings. The van der Waals surface area contributed by atoms with Gasteiger partial charge in [0.15, 0.2) is 0 Å². The Hall–Kier alpha value is -2.63. The molecule has 21 heavy (non-hydrogen) atoms. The maximum atomic E-state index is 11.9. The second-order valence-corrected chi connectivity index (χ2v) is 5.21. The Labute approximate surface area is 121 Å². The molecule has 0 spiro atoms. The van der Waals surface area contributed by atoms with Crippen LogP contribution in [0.1, 0.15) is 12.0 Å². The number of aliphatic carboxylic acids is 1. The summed E-state index contributed by atoms with van der Waals surface area (Å²) in [6.07, 6.45) is 5.74. The molecule has 1 saturated carbocycles. The largest absolute Gasteiger partial charge is 0.481 e. The molecule has 2 aromatic rings. The predicted octanol–water partition coefficient (Wildman–Crippen LogP) is 1.59. The molecule has 3 rings (SSSR count). The van der Waals surface area contributed by atoms with Crippen molar-refractivity contribution in [2.75, 3.05) is 5.32 Å². The predicted molar refractivity (Wildman–Crippen MR) is 75.6 cm³/mol. The number of imidazole rings is 1. The standard InChI is InChI=1S/C15H15N3O3/c19-14(12-7-13(12)15(20)21)17-11-3-1-2-10(6-11)8-18-5-4-16-9-18/h1-6,9,12-13H,7-8H2,(H,17,19)(H,20,21). The van der Waals surface area contributed by atoms with Gasteiger partial charge in [-0.3, -0.25) is 9.59 Å². The Balaban J connectivity index is 1.64. The summed E-state index contributed by atoms with van der Waals surface area (Å²) >= 11 is 0. The average Bonchev–Trinajstić information content (AvgIpc) is 3.11. The fourth-order valence-corrected chi connectivity index (χ4v) is 2.33. The van der Waals surface area contributed by atoms with E-state index < -0.39 is 17.8 Å². The van der Waals surface area contributed by atoms with Gasteiger partial charge >= 0.3 is 5.97 Å². The molecule has 6 heteroatoms. The molecule has 0 radical (unpaired) electrons. The lowest BCUT2D eigenvalue weighted by Crippen LogP contribution is -2.16. The van der Waals surface area contributed by atoms with Gasteiger partial charge in [0.25, 0.3) is 0 Å². The molecule has 6 nitrogen and oxygen atoms in total. The zero-order chi connectivity index (χ0) is 14.8. The highest BCUT2D eigenvalue weighted by atomic mass is 16.4. The summed E-state index contributed by atoms with van der Waals surface area (Å²) in [4.78, 5) is 26.7. The number of rotatable bonds is 5. The van der Waals surface area contributed by atoms with Gasteiger partial charge in [0.2, 0.25) is 5.91 Å². The van der Waals surface area contributed by atoms with E-state index in [1.807, 2.05) is 29.0 Å². The first-order chi connectivity index (χ1) is 10.1. The highest BCUT2D eigenvalue weighted by Gasteiger charge is 2.48. The minimum Gasteiger partial charge on any atom is -0.481 e. The van der Waals surface area contributed by atoms with Crippen LogP contribution in [-0.2, 0) is 16.1 Å². The molecule has 1 amide bonds. The first kappa shape index (κ1) is 13.4. The summed E-state index contributed by atoms with van der Waals surface area (Å²) in [6.45, 7) is 0.672. The number of nitrogens with zero attached hydrogens (tertiary/aromatic N) is 2. The third-order valence-corrected chi connectivity index (χ3v) is 3.56. The molecule has 2 atom stereocenters. The number of carbonyl (C=O) groups excluding carboxylic acids is 1. The van der Waals surface area contributed by atoms with Gasteiger partial charge in [0.05, 0.1) is 18.2 Å². The smallest absolute Gasteiger partial charge is 0.307 e. The molecular formula is C15H15N3O3. The van der Waals surface area contributed by atoms with E-state index in [1.165, 1.54) is 0 Å². The topological polar surface area (TPSA) is 84.2 Å². The number of carbonyl (C=O) groups is 2. The summed E-state index contributed by atoms with van der Waals surface area (Å²) in [5, 5.41) is 11.6. The van der Waals surface area contributed by atoms with E-state index in [4.69, 9.17) is 5.11 Å². The molecule has 108 valence electrons. The van der Waals surface area contributed by atoms with Crippen LogP contribution in [0.5, 0.6) is 0 Å². The van der Waals surface area contributed by atoms with Gasteiger partial charge in [-0.2, -0.15) is 0 Å². The molecular weight excluding hydrogens is 270 g/mol. The first-order valence-corrected chi connectivity index (χ1v) is 6.72. The zero-order valence-electron chi connectivity index (χ0n) is 11.3. The molecule has 1 fully saturated rings. The summed E-state index contributed by atoms with van der Waals surface area (Å²) in [6, 6.07) is 7.51. The van der Waals surface area contributed by atoms with Crippen molar-refractivity contribution >= 4 is 17.6 Å². The lowest BCUT2D eigenvalue weighted by atomic mass is 10.2. The summed E-state index contributed by atoms with van der Waals surface area (Å²) in [5.41, 5.74) is 1.73. The number of carboxylic acids is 1. The van der Waals surface area contributed by atoms with Crippen LogP contribution in [0.3, 0.4) is 0 Å². The highest BCUT2D eigenvalue weighted by molar-refractivity contribution is 5.98. The molecule has 1 heterocycles. The third kappa shape index (κ3) is 3.10. The molecule has 1 aromatic carbocycles. The minimum absolute atomic E-state index is 0.220. The van der Waals surface area contributed by atoms with Gasteiger partial charge in [0, 0.05) is 24.6 Å². The second kappa shape index (κ2) is 5.40. The highest BCUT2D eigenvalue weighted by Crippen LogP contribution is 2.39. The van der Waals surface area contributed by atoms with E-state index in [-0.39, 0.29) is 5.91 Å². The lowest BCUT2D eigenvalue weighted by Gasteiger charge is -2.07. The van der Waals surface area contributed by atoms with E-state index >= 15 is 0 Å².